The summed E-state index contributed by atoms with van der Waals surface area (Å²) in [5, 5.41) is 8.58. The van der Waals surface area contributed by atoms with E-state index in [1.54, 1.807) is 0 Å². The Morgan fingerprint density at radius 1 is 1.50 bits per heavy atom. The first-order chi connectivity index (χ1) is 3.42. The highest BCUT2D eigenvalue weighted by Gasteiger charge is 2.12. The fourth-order valence-electron chi connectivity index (χ4n) is 0.182. The van der Waals surface area contributed by atoms with Crippen LogP contribution in [0.4, 0.5) is 0 Å². The summed E-state index contributed by atoms with van der Waals surface area (Å²) in [4.78, 5) is 0. The highest BCUT2D eigenvalue weighted by molar-refractivity contribution is 7.67. The molecule has 5 heteroatoms. The summed E-state index contributed by atoms with van der Waals surface area (Å²) in [6, 6.07) is 0. The number of hydrogen-bond acceptors (Lipinski definition) is 4. The van der Waals surface area contributed by atoms with Crippen LogP contribution in [0.2, 0.25) is 0 Å². The molecule has 0 atom stereocenters. The van der Waals surface area contributed by atoms with Crippen LogP contribution in [0, 0.1) is 0 Å². The maximum Gasteiger partial charge on any atom is 0.259 e. The molecule has 0 saturated carbocycles. The molecule has 0 heterocycles. The Kier molecular flexibility index (Phi) is 2.39. The largest absolute Gasteiger partial charge is 0.365 e. The van der Waals surface area contributed by atoms with Gasteiger partial charge in [-0.2, -0.15) is 0 Å². The van der Waals surface area contributed by atoms with Crippen molar-refractivity contribution in [2.75, 3.05) is 0 Å². The predicted octanol–water partition coefficient (Wildman–Crippen LogP) is -0.742. The average Bonchev–Trinajstić information content (AvgIpc) is 1.21. The molecule has 0 radical (unpaired) electrons. The summed E-state index contributed by atoms with van der Waals surface area (Å²) in [6.07, 6.45) is 0. The molecule has 1 N–H and O–H groups in total. The van der Waals surface area contributed by atoms with Crippen LogP contribution in [0.5, 0.6) is 0 Å². The van der Waals surface area contributed by atoms with Crippen LogP contribution < -0.4 is 0 Å². The Bertz CT molecular complexity index is 123. The van der Waals surface area contributed by atoms with Crippen molar-refractivity contribution in [2.24, 2.45) is 0 Å². The van der Waals surface area contributed by atoms with Crippen LogP contribution in [0.1, 0.15) is 13.8 Å². The maximum atomic E-state index is 9.67. The molecule has 0 aliphatic heterocycles. The van der Waals surface area contributed by atoms with E-state index in [4.69, 9.17) is 5.11 Å². The summed E-state index contributed by atoms with van der Waals surface area (Å²) in [5.74, 6) is -1.57. The van der Waals surface area contributed by atoms with Crippen molar-refractivity contribution in [3.8, 4) is 0 Å². The van der Waals surface area contributed by atoms with E-state index < -0.39 is 16.8 Å². The molecular formula is C3H8O4S. The zero-order valence-electron chi connectivity index (χ0n) is 4.62. The van der Waals surface area contributed by atoms with Gasteiger partial charge in [0.2, 0.25) is 0 Å². The van der Waals surface area contributed by atoms with E-state index in [9.17, 15) is 8.42 Å². The minimum absolute atomic E-state index is 1.23. The third kappa shape index (κ3) is 5.87. The first-order valence-electron chi connectivity index (χ1n) is 1.98. The zero-order valence-corrected chi connectivity index (χ0v) is 5.51. The summed E-state index contributed by atoms with van der Waals surface area (Å²) < 4.78 is 23.3. The molecule has 0 aliphatic carbocycles. The minimum atomic E-state index is -2.94. The molecule has 0 aromatic rings. The molecule has 0 aliphatic rings. The smallest absolute Gasteiger partial charge is 0.259 e. The molecule has 0 aromatic carbocycles. The van der Waals surface area contributed by atoms with Crippen LogP contribution in [0.15, 0.2) is 0 Å². The Morgan fingerprint density at radius 3 is 1.88 bits per heavy atom. The van der Waals surface area contributed by atoms with Gasteiger partial charge in [-0.1, -0.05) is 0 Å². The Labute approximate surface area is 49.2 Å². The van der Waals surface area contributed by atoms with E-state index in [0.717, 1.165) is 0 Å². The molecule has 0 bridgehead atoms. The van der Waals surface area contributed by atoms with Gasteiger partial charge >= 0.3 is 0 Å². The first kappa shape index (κ1) is 7.87. The van der Waals surface area contributed by atoms with E-state index in [1.165, 1.54) is 13.8 Å². The van der Waals surface area contributed by atoms with Gasteiger partial charge in [0.1, 0.15) is 0 Å². The lowest BCUT2D eigenvalue weighted by Crippen LogP contribution is -2.21. The van der Waals surface area contributed by atoms with Crippen LogP contribution in [-0.4, -0.2) is 19.3 Å². The second-order valence-electron chi connectivity index (χ2n) is 1.76. The van der Waals surface area contributed by atoms with Crippen molar-refractivity contribution in [2.45, 2.75) is 19.6 Å². The van der Waals surface area contributed by atoms with Gasteiger partial charge in [0.25, 0.3) is 11.0 Å². The van der Waals surface area contributed by atoms with E-state index in [1.807, 2.05) is 0 Å². The average molecular weight is 140 g/mol. The van der Waals surface area contributed by atoms with Gasteiger partial charge in [0.05, 0.1) is 0 Å². The Balaban J connectivity index is 3.73. The van der Waals surface area contributed by atoms with E-state index >= 15 is 0 Å². The SMILES string of the molecule is CC(C)(O)O[SH](=O)=O. The monoisotopic (exact) mass is 140 g/mol. The number of rotatable bonds is 2. The molecule has 0 unspecified atom stereocenters. The molecule has 0 amide bonds. The van der Waals surface area contributed by atoms with Crippen molar-refractivity contribution < 1.29 is 17.7 Å². The molecule has 0 aromatic heterocycles. The zero-order chi connectivity index (χ0) is 6.78. The van der Waals surface area contributed by atoms with E-state index in [2.05, 4.69) is 4.18 Å². The number of thiol groups is 1. The Morgan fingerprint density at radius 2 is 1.88 bits per heavy atom. The minimum Gasteiger partial charge on any atom is -0.365 e. The van der Waals surface area contributed by atoms with E-state index in [0.29, 0.717) is 0 Å². The van der Waals surface area contributed by atoms with Crippen molar-refractivity contribution in [3.63, 3.8) is 0 Å². The summed E-state index contributed by atoms with van der Waals surface area (Å²) in [6.45, 7) is 2.47. The van der Waals surface area contributed by atoms with Gasteiger partial charge in [0.15, 0.2) is 5.79 Å². The Hall–Kier alpha value is -0.130. The summed E-state index contributed by atoms with van der Waals surface area (Å²) in [5.41, 5.74) is 0. The van der Waals surface area contributed by atoms with Crippen molar-refractivity contribution in [3.05, 3.63) is 0 Å². The molecule has 0 spiro atoms. The number of aliphatic hydroxyl groups is 1. The lowest BCUT2D eigenvalue weighted by Gasteiger charge is -2.10. The van der Waals surface area contributed by atoms with Gasteiger partial charge in [-0.15, -0.1) is 0 Å². The normalized spacial score (nSPS) is 12.5. The van der Waals surface area contributed by atoms with Crippen molar-refractivity contribution >= 4 is 11.0 Å². The molecule has 4 nitrogen and oxygen atoms in total. The van der Waals surface area contributed by atoms with E-state index in [-0.39, 0.29) is 0 Å². The second kappa shape index (κ2) is 2.43. The van der Waals surface area contributed by atoms with Crippen LogP contribution in [-0.2, 0) is 15.2 Å². The molecule has 50 valence electrons. The second-order valence-corrected chi connectivity index (χ2v) is 2.39. The fraction of sp³-hybridized carbons (Fsp3) is 1.00. The summed E-state index contributed by atoms with van der Waals surface area (Å²) in [7, 11) is -2.94. The van der Waals surface area contributed by atoms with Gasteiger partial charge in [-0.25, -0.2) is 12.6 Å². The molecule has 8 heavy (non-hydrogen) atoms. The number of hydrogen-bond donors (Lipinski definition) is 2. The molecular weight excluding hydrogens is 132 g/mol. The first-order valence-corrected chi connectivity index (χ1v) is 3.07. The molecule has 0 rings (SSSR count). The lowest BCUT2D eigenvalue weighted by molar-refractivity contribution is -0.0964. The van der Waals surface area contributed by atoms with Gasteiger partial charge in [-0.05, 0) is 13.8 Å². The van der Waals surface area contributed by atoms with Crippen molar-refractivity contribution in [1.29, 1.82) is 0 Å². The van der Waals surface area contributed by atoms with Crippen molar-refractivity contribution in [1.82, 2.24) is 0 Å². The molecule has 0 saturated heterocycles. The highest BCUT2D eigenvalue weighted by atomic mass is 32.2. The van der Waals surface area contributed by atoms with Gasteiger partial charge in [-0.3, -0.25) is 0 Å². The maximum absolute atomic E-state index is 9.67. The van der Waals surface area contributed by atoms with Gasteiger partial charge < -0.3 is 5.11 Å². The predicted molar refractivity (Wildman–Crippen MR) is 27.7 cm³/mol. The standard InChI is InChI=1S/C3H8O4S/c1-3(2,4)7-8(5)6/h4,8H,1-2H3. The van der Waals surface area contributed by atoms with Crippen LogP contribution in [0.25, 0.3) is 0 Å². The third-order valence-corrected chi connectivity index (χ3v) is 0.894. The highest BCUT2D eigenvalue weighted by Crippen LogP contribution is 2.01. The quantitative estimate of drug-likeness (QED) is 0.391. The van der Waals surface area contributed by atoms with Crippen LogP contribution in [0.3, 0.4) is 0 Å². The molecule has 0 fully saturated rings. The lowest BCUT2D eigenvalue weighted by atomic mass is 10.4. The summed E-state index contributed by atoms with van der Waals surface area (Å²) >= 11 is 0. The fourth-order valence-corrected chi connectivity index (χ4v) is 0.547. The van der Waals surface area contributed by atoms with Crippen LogP contribution >= 0.6 is 0 Å². The van der Waals surface area contributed by atoms with Gasteiger partial charge in [0, 0.05) is 0 Å². The topological polar surface area (TPSA) is 63.6 Å². The third-order valence-electron chi connectivity index (χ3n) is 0.298.